The van der Waals surface area contributed by atoms with E-state index in [4.69, 9.17) is 16.3 Å². The number of alkyl halides is 1. The van der Waals surface area contributed by atoms with Gasteiger partial charge in [0.1, 0.15) is 5.21 Å². The van der Waals surface area contributed by atoms with Gasteiger partial charge in [0.05, 0.1) is 0 Å². The van der Waals surface area contributed by atoms with E-state index in [1.54, 1.807) is 7.11 Å². The van der Waals surface area contributed by atoms with E-state index in [1.807, 2.05) is 0 Å². The maximum absolute atomic E-state index is 11.1. The molecule has 1 aliphatic carbocycles. The highest BCUT2D eigenvalue weighted by atomic mass is 35.5. The van der Waals surface area contributed by atoms with Crippen LogP contribution < -0.4 is 4.72 Å². The van der Waals surface area contributed by atoms with Gasteiger partial charge in [-0.2, -0.15) is 0 Å². The van der Waals surface area contributed by atoms with Crippen LogP contribution in [0.4, 0.5) is 0 Å². The third-order valence-electron chi connectivity index (χ3n) is 2.60. The largest absolute Gasteiger partial charge is 0.385 e. The molecule has 84 valence electrons. The van der Waals surface area contributed by atoms with Gasteiger partial charge in [0.25, 0.3) is 0 Å². The molecule has 0 unspecified atom stereocenters. The molecule has 0 radical (unpaired) electrons. The van der Waals surface area contributed by atoms with Crippen LogP contribution in [-0.2, 0) is 14.8 Å². The van der Waals surface area contributed by atoms with E-state index < -0.39 is 10.0 Å². The van der Waals surface area contributed by atoms with Crippen molar-refractivity contribution in [3.8, 4) is 0 Å². The maximum atomic E-state index is 11.1. The lowest BCUT2D eigenvalue weighted by Gasteiger charge is -2.14. The van der Waals surface area contributed by atoms with Crippen molar-refractivity contribution in [2.45, 2.75) is 19.3 Å². The summed E-state index contributed by atoms with van der Waals surface area (Å²) >= 11 is 5.27. The Morgan fingerprint density at radius 3 is 2.57 bits per heavy atom. The van der Waals surface area contributed by atoms with E-state index in [2.05, 4.69) is 4.72 Å². The number of sulfonamides is 1. The molecular weight excluding hydrogens is 226 g/mol. The Morgan fingerprint density at radius 2 is 2.14 bits per heavy atom. The van der Waals surface area contributed by atoms with Crippen molar-refractivity contribution >= 4 is 21.6 Å². The van der Waals surface area contributed by atoms with Crippen LogP contribution in [-0.4, -0.2) is 33.9 Å². The molecule has 0 heterocycles. The summed E-state index contributed by atoms with van der Waals surface area (Å²) in [6.45, 7) is 1.17. The number of ether oxygens (including phenoxy) is 1. The number of nitrogens with one attached hydrogen (secondary N) is 1. The van der Waals surface area contributed by atoms with E-state index in [9.17, 15) is 8.42 Å². The fourth-order valence-corrected chi connectivity index (χ4v) is 2.15. The van der Waals surface area contributed by atoms with Gasteiger partial charge in [0.15, 0.2) is 0 Å². The Hall–Kier alpha value is 0.160. The maximum Gasteiger partial charge on any atom is 0.225 e. The van der Waals surface area contributed by atoms with Crippen LogP contribution in [0.5, 0.6) is 0 Å². The smallest absolute Gasteiger partial charge is 0.225 e. The number of hydrogen-bond acceptors (Lipinski definition) is 3. The van der Waals surface area contributed by atoms with Gasteiger partial charge in [0.2, 0.25) is 10.0 Å². The Morgan fingerprint density at radius 1 is 1.50 bits per heavy atom. The lowest BCUT2D eigenvalue weighted by Crippen LogP contribution is -2.31. The highest BCUT2D eigenvalue weighted by molar-refractivity contribution is 7.90. The van der Waals surface area contributed by atoms with Crippen molar-refractivity contribution in [3.63, 3.8) is 0 Å². The second-order valence-electron chi connectivity index (χ2n) is 3.79. The molecule has 1 saturated carbocycles. The second kappa shape index (κ2) is 4.79. The Bertz CT molecular complexity index is 274. The van der Waals surface area contributed by atoms with Gasteiger partial charge in [0, 0.05) is 20.3 Å². The lowest BCUT2D eigenvalue weighted by molar-refractivity contribution is 0.173. The summed E-state index contributed by atoms with van der Waals surface area (Å²) in [6, 6.07) is 0. The molecule has 0 aromatic heterocycles. The quantitative estimate of drug-likeness (QED) is 0.675. The summed E-state index contributed by atoms with van der Waals surface area (Å²) < 4.78 is 29.6. The molecule has 0 spiro atoms. The van der Waals surface area contributed by atoms with Crippen molar-refractivity contribution in [1.82, 2.24) is 4.72 Å². The Kier molecular flexibility index (Phi) is 4.18. The summed E-state index contributed by atoms with van der Waals surface area (Å²) in [5.41, 5.74) is 0.134. The molecule has 0 aromatic rings. The van der Waals surface area contributed by atoms with Crippen molar-refractivity contribution < 1.29 is 13.2 Å². The van der Waals surface area contributed by atoms with E-state index in [0.717, 1.165) is 19.3 Å². The third-order valence-corrected chi connectivity index (χ3v) is 4.34. The molecule has 0 aromatic carbocycles. The number of hydrogen-bond donors (Lipinski definition) is 1. The van der Waals surface area contributed by atoms with Crippen LogP contribution >= 0.6 is 11.6 Å². The van der Waals surface area contributed by atoms with Crippen LogP contribution in [0.15, 0.2) is 0 Å². The summed E-state index contributed by atoms with van der Waals surface area (Å²) in [7, 11) is -1.61. The predicted octanol–water partition coefficient (Wildman–Crippen LogP) is 0.919. The molecular formula is C8H16ClNO3S. The zero-order valence-electron chi connectivity index (χ0n) is 8.25. The molecule has 1 aliphatic rings. The average Bonchev–Trinajstić information content (AvgIpc) is 2.93. The van der Waals surface area contributed by atoms with E-state index in [-0.39, 0.29) is 10.6 Å². The van der Waals surface area contributed by atoms with Crippen molar-refractivity contribution in [3.05, 3.63) is 0 Å². The van der Waals surface area contributed by atoms with Crippen molar-refractivity contribution in [1.29, 1.82) is 0 Å². The van der Waals surface area contributed by atoms with Gasteiger partial charge < -0.3 is 4.74 Å². The molecule has 0 saturated heterocycles. The minimum absolute atomic E-state index is 0.134. The second-order valence-corrected chi connectivity index (χ2v) is 6.18. The van der Waals surface area contributed by atoms with Crippen LogP contribution in [0.3, 0.4) is 0 Å². The van der Waals surface area contributed by atoms with Gasteiger partial charge in [-0.3, -0.25) is 0 Å². The van der Waals surface area contributed by atoms with Crippen LogP contribution in [0.2, 0.25) is 0 Å². The Balaban J connectivity index is 2.30. The number of methoxy groups -OCH3 is 1. The van der Waals surface area contributed by atoms with Crippen LogP contribution in [0.1, 0.15) is 19.3 Å². The zero-order valence-corrected chi connectivity index (χ0v) is 9.83. The molecule has 0 atom stereocenters. The summed E-state index contributed by atoms with van der Waals surface area (Å²) in [4.78, 5) is 0. The lowest BCUT2D eigenvalue weighted by atomic mass is 10.0. The minimum atomic E-state index is -3.26. The molecule has 1 N–H and O–H groups in total. The molecule has 0 amide bonds. The molecule has 14 heavy (non-hydrogen) atoms. The number of rotatable bonds is 7. The van der Waals surface area contributed by atoms with Gasteiger partial charge in [-0.15, -0.1) is 11.6 Å². The summed E-state index contributed by atoms with van der Waals surface area (Å²) in [6.07, 6.45) is 3.05. The molecule has 6 heteroatoms. The average molecular weight is 242 g/mol. The van der Waals surface area contributed by atoms with Gasteiger partial charge >= 0.3 is 0 Å². The first-order valence-electron chi connectivity index (χ1n) is 4.56. The molecule has 1 rings (SSSR count). The number of halogens is 1. The third kappa shape index (κ3) is 3.73. The topological polar surface area (TPSA) is 55.4 Å². The van der Waals surface area contributed by atoms with Crippen molar-refractivity contribution in [2.75, 3.05) is 25.5 Å². The molecule has 1 fully saturated rings. The SMILES string of the molecule is COCCC1(CNS(=O)(=O)CCl)CC1. The summed E-state index contributed by atoms with van der Waals surface area (Å²) in [5, 5.41) is -0.368. The monoisotopic (exact) mass is 241 g/mol. The highest BCUT2D eigenvalue weighted by Gasteiger charge is 2.42. The fraction of sp³-hybridized carbons (Fsp3) is 1.00. The highest BCUT2D eigenvalue weighted by Crippen LogP contribution is 2.48. The first kappa shape index (κ1) is 12.2. The Labute approximate surface area is 90.0 Å². The van der Waals surface area contributed by atoms with E-state index >= 15 is 0 Å². The van der Waals surface area contributed by atoms with Crippen molar-refractivity contribution in [2.24, 2.45) is 5.41 Å². The zero-order chi connectivity index (χ0) is 10.7. The molecule has 0 aliphatic heterocycles. The van der Waals surface area contributed by atoms with Gasteiger partial charge in [-0.1, -0.05) is 0 Å². The summed E-state index contributed by atoms with van der Waals surface area (Å²) in [5.74, 6) is 0. The van der Waals surface area contributed by atoms with Gasteiger partial charge in [-0.05, 0) is 24.7 Å². The van der Waals surface area contributed by atoms with Gasteiger partial charge in [-0.25, -0.2) is 13.1 Å². The normalized spacial score (nSPS) is 19.6. The molecule has 0 bridgehead atoms. The first-order valence-corrected chi connectivity index (χ1v) is 6.74. The van der Waals surface area contributed by atoms with E-state index in [0.29, 0.717) is 13.2 Å². The standard InChI is InChI=1S/C8H16ClNO3S/c1-13-5-4-8(2-3-8)6-10-14(11,12)7-9/h10H,2-7H2,1H3. The molecule has 4 nitrogen and oxygen atoms in total. The minimum Gasteiger partial charge on any atom is -0.385 e. The first-order chi connectivity index (χ1) is 6.54. The predicted molar refractivity (Wildman–Crippen MR) is 55.8 cm³/mol. The van der Waals surface area contributed by atoms with Crippen LogP contribution in [0.25, 0.3) is 0 Å². The van der Waals surface area contributed by atoms with Crippen LogP contribution in [0, 0.1) is 5.41 Å². The fourth-order valence-electron chi connectivity index (χ4n) is 1.31. The van der Waals surface area contributed by atoms with E-state index in [1.165, 1.54) is 0 Å².